The highest BCUT2D eigenvalue weighted by Crippen LogP contribution is 2.33. The number of nitrogens with zero attached hydrogens (tertiary/aromatic N) is 2. The van der Waals surface area contributed by atoms with Gasteiger partial charge in [0.1, 0.15) is 5.75 Å². The summed E-state index contributed by atoms with van der Waals surface area (Å²) in [7, 11) is 0. The molecular weight excluding hydrogens is 421 g/mol. The largest absolute Gasteiger partial charge is 0.494 e. The van der Waals surface area contributed by atoms with Crippen LogP contribution < -0.4 is 15.0 Å². The lowest BCUT2D eigenvalue weighted by molar-refractivity contribution is -0.116. The van der Waals surface area contributed by atoms with E-state index in [1.54, 1.807) is 18.2 Å². The number of carbonyl (C=O) groups excluding carboxylic acids is 1. The molecule has 0 spiro atoms. The zero-order valence-corrected chi connectivity index (χ0v) is 18.3. The van der Waals surface area contributed by atoms with Gasteiger partial charge < -0.3 is 15.0 Å². The van der Waals surface area contributed by atoms with Crippen molar-refractivity contribution in [3.05, 3.63) is 52.0 Å². The molecule has 0 aliphatic carbocycles. The van der Waals surface area contributed by atoms with E-state index < -0.39 is 6.37 Å². The molecule has 0 saturated carbocycles. The molecule has 1 N–H and O–H groups in total. The van der Waals surface area contributed by atoms with Crippen molar-refractivity contribution < 1.29 is 12.3 Å². The van der Waals surface area contributed by atoms with Crippen molar-refractivity contribution in [2.45, 2.75) is 25.6 Å². The number of ether oxygens (including phenoxy) is 1. The summed E-state index contributed by atoms with van der Waals surface area (Å²) in [5.74, 6) is 0.339. The first-order valence-corrected chi connectivity index (χ1v) is 11.1. The Morgan fingerprint density at radius 2 is 1.93 bits per heavy atom. The molecule has 2 heterocycles. The van der Waals surface area contributed by atoms with Gasteiger partial charge in [0, 0.05) is 47.1 Å². The van der Waals surface area contributed by atoms with Crippen LogP contribution in [0.2, 0.25) is 10.0 Å². The van der Waals surface area contributed by atoms with Crippen LogP contribution in [-0.4, -0.2) is 50.1 Å². The number of aryl methyl sites for hydroxylation is 1. The lowest BCUT2D eigenvalue weighted by atomic mass is 10.0. The molecule has 0 atom stereocenters. The zero-order valence-electron chi connectivity index (χ0n) is 18.8. The summed E-state index contributed by atoms with van der Waals surface area (Å²) in [5.41, 5.74) is 2.01. The average molecular weight is 450 g/mol. The van der Waals surface area contributed by atoms with Crippen molar-refractivity contribution >= 4 is 40.5 Å². The average Bonchev–Trinajstić information content (AvgIpc) is 2.75. The van der Waals surface area contributed by atoms with E-state index in [0.29, 0.717) is 33.7 Å². The Hall–Kier alpha value is -1.95. The van der Waals surface area contributed by atoms with Gasteiger partial charge in [0.05, 0.1) is 22.3 Å². The molecule has 5 nitrogen and oxygen atoms in total. The van der Waals surface area contributed by atoms with E-state index in [4.69, 9.17) is 30.7 Å². The molecule has 4 rings (SSSR count). The van der Waals surface area contributed by atoms with E-state index in [0.717, 1.165) is 51.3 Å². The molecule has 2 aromatic rings. The normalized spacial score (nSPS) is 19.5. The molecule has 30 heavy (non-hydrogen) atoms. The highest BCUT2D eigenvalue weighted by Gasteiger charge is 2.19. The van der Waals surface area contributed by atoms with Gasteiger partial charge in [-0.2, -0.15) is 0 Å². The monoisotopic (exact) mass is 449 g/mol. The predicted octanol–water partition coefficient (Wildman–Crippen LogP) is 4.86. The number of unbranched alkanes of at least 4 members (excludes halogenated alkanes) is 1. The number of anilines is 2. The maximum Gasteiger partial charge on any atom is 0.224 e. The highest BCUT2D eigenvalue weighted by molar-refractivity contribution is 6.43. The maximum atomic E-state index is 11.7. The van der Waals surface area contributed by atoms with Crippen LogP contribution in [0.4, 0.5) is 11.4 Å². The molecule has 1 saturated heterocycles. The lowest BCUT2D eigenvalue weighted by Crippen LogP contribution is -2.46. The molecule has 160 valence electrons. The van der Waals surface area contributed by atoms with Crippen LogP contribution in [0.5, 0.6) is 5.75 Å². The summed E-state index contributed by atoms with van der Waals surface area (Å²) in [6.45, 7) is 5.40. The number of hydrogen-bond acceptors (Lipinski definition) is 4. The Labute approximate surface area is 190 Å². The number of fused-ring (bicyclic) bond motifs is 1. The zero-order chi connectivity index (χ0) is 22.7. The van der Waals surface area contributed by atoms with E-state index in [1.807, 2.05) is 18.2 Å². The second-order valence-corrected chi connectivity index (χ2v) is 8.35. The van der Waals surface area contributed by atoms with Crippen LogP contribution in [0.25, 0.3) is 0 Å². The third-order valence-electron chi connectivity index (χ3n) is 5.49. The lowest BCUT2D eigenvalue weighted by Gasteiger charge is -2.36. The van der Waals surface area contributed by atoms with Crippen LogP contribution in [-0.2, 0) is 11.2 Å². The number of rotatable bonds is 7. The van der Waals surface area contributed by atoms with Crippen LogP contribution >= 0.6 is 23.2 Å². The minimum atomic E-state index is -1.64. The number of carbonyl (C=O) groups is 1. The minimum absolute atomic E-state index is 0.152. The highest BCUT2D eigenvalue weighted by atomic mass is 35.5. The molecule has 0 radical (unpaired) electrons. The molecule has 0 bridgehead atoms. The standard InChI is InChI=1S/C23H27Cl2N3O2/c24-19-4-3-5-21(23(19)25)28-13-11-27(12-14-28)10-1-2-15-30-18-8-6-17-7-9-22(29)26-20(17)16-18/h3-6,8,16H,1-2,7,9-15H2,(H,26,29)/i7D2. The van der Waals surface area contributed by atoms with Crippen molar-refractivity contribution in [2.24, 2.45) is 0 Å². The van der Waals surface area contributed by atoms with Gasteiger partial charge in [-0.05, 0) is 49.5 Å². The van der Waals surface area contributed by atoms with Crippen LogP contribution in [0.15, 0.2) is 36.4 Å². The van der Waals surface area contributed by atoms with Crippen LogP contribution in [0, 0.1) is 0 Å². The summed E-state index contributed by atoms with van der Waals surface area (Å²) in [4.78, 5) is 16.5. The molecule has 1 fully saturated rings. The molecule has 1 amide bonds. The Bertz CT molecular complexity index is 982. The maximum absolute atomic E-state index is 11.7. The molecule has 0 aromatic heterocycles. The number of halogens is 2. The topological polar surface area (TPSA) is 44.8 Å². The van der Waals surface area contributed by atoms with Gasteiger partial charge in [0.25, 0.3) is 0 Å². The Morgan fingerprint density at radius 3 is 2.77 bits per heavy atom. The van der Waals surface area contributed by atoms with Crippen molar-refractivity contribution in [3.63, 3.8) is 0 Å². The molecule has 2 aliphatic heterocycles. The predicted molar refractivity (Wildman–Crippen MR) is 123 cm³/mol. The van der Waals surface area contributed by atoms with Gasteiger partial charge in [0.15, 0.2) is 0 Å². The fraction of sp³-hybridized carbons (Fsp3) is 0.435. The Morgan fingerprint density at radius 1 is 1.10 bits per heavy atom. The summed E-state index contributed by atoms with van der Waals surface area (Å²) < 4.78 is 21.9. The van der Waals surface area contributed by atoms with E-state index in [9.17, 15) is 4.79 Å². The second kappa shape index (κ2) is 9.90. The third-order valence-corrected chi connectivity index (χ3v) is 6.30. The first kappa shape index (κ1) is 18.8. The van der Waals surface area contributed by atoms with Crippen molar-refractivity contribution in [1.82, 2.24) is 4.90 Å². The van der Waals surface area contributed by atoms with E-state index in [2.05, 4.69) is 15.1 Å². The van der Waals surface area contributed by atoms with Crippen LogP contribution in [0.1, 0.15) is 27.6 Å². The SMILES string of the molecule is [2H]C1([2H])CC(=O)Nc2cc(OCCCCN3CCN(c4cccc(Cl)c4Cl)CC3)ccc21. The van der Waals surface area contributed by atoms with Crippen molar-refractivity contribution in [1.29, 1.82) is 0 Å². The third kappa shape index (κ3) is 5.20. The Kier molecular flexibility index (Phi) is 6.20. The van der Waals surface area contributed by atoms with Gasteiger partial charge in [-0.1, -0.05) is 35.3 Å². The number of amides is 1. The van der Waals surface area contributed by atoms with Crippen LogP contribution in [0.3, 0.4) is 0 Å². The van der Waals surface area contributed by atoms with E-state index in [-0.39, 0.29) is 12.3 Å². The van der Waals surface area contributed by atoms with Gasteiger partial charge in [-0.3, -0.25) is 9.69 Å². The number of benzene rings is 2. The summed E-state index contributed by atoms with van der Waals surface area (Å²) in [5, 5.41) is 3.95. The molecular formula is C23H27Cl2N3O2. The van der Waals surface area contributed by atoms with Gasteiger partial charge in [-0.25, -0.2) is 0 Å². The van der Waals surface area contributed by atoms with Gasteiger partial charge in [0.2, 0.25) is 5.91 Å². The Balaban J connectivity index is 1.18. The van der Waals surface area contributed by atoms with E-state index in [1.165, 1.54) is 0 Å². The fourth-order valence-corrected chi connectivity index (χ4v) is 4.23. The molecule has 0 unspecified atom stereocenters. The number of piperazine rings is 1. The first-order chi connectivity index (χ1) is 15.3. The molecule has 7 heteroatoms. The smallest absolute Gasteiger partial charge is 0.224 e. The molecule has 2 aromatic carbocycles. The number of hydrogen-bond donors (Lipinski definition) is 1. The molecule has 2 aliphatic rings. The first-order valence-electron chi connectivity index (χ1n) is 11.3. The van der Waals surface area contributed by atoms with Gasteiger partial charge >= 0.3 is 0 Å². The minimum Gasteiger partial charge on any atom is -0.494 e. The fourth-order valence-electron chi connectivity index (χ4n) is 3.82. The van der Waals surface area contributed by atoms with Crippen molar-refractivity contribution in [2.75, 3.05) is 49.5 Å². The summed E-state index contributed by atoms with van der Waals surface area (Å²) in [6.07, 6.45) is 0.158. The van der Waals surface area contributed by atoms with Gasteiger partial charge in [-0.15, -0.1) is 0 Å². The number of nitrogens with one attached hydrogen (secondary N) is 1. The summed E-state index contributed by atoms with van der Waals surface area (Å²) in [6, 6.07) is 10.9. The van der Waals surface area contributed by atoms with E-state index >= 15 is 0 Å². The summed E-state index contributed by atoms with van der Waals surface area (Å²) >= 11 is 12.5. The quantitative estimate of drug-likeness (QED) is 0.612. The second-order valence-electron chi connectivity index (χ2n) is 7.57. The van der Waals surface area contributed by atoms with Crippen molar-refractivity contribution in [3.8, 4) is 5.75 Å².